The summed E-state index contributed by atoms with van der Waals surface area (Å²) in [6.45, 7) is 17.5. The molecule has 24 heavy (non-hydrogen) atoms. The van der Waals surface area contributed by atoms with Gasteiger partial charge in [-0.25, -0.2) is 0 Å². The Labute approximate surface area is 153 Å². The average Bonchev–Trinajstić information content (AvgIpc) is 2.57. The van der Waals surface area contributed by atoms with Gasteiger partial charge < -0.3 is 18.9 Å². The standard InChI is InChI=1S/2C6H14O.2C4H10O/c2*1-4-6(2)5-7-3;1-4(2)5-3;1-3-4-5-2/h2*6H,4-5H2,1-3H3;4H,1-3H3;3-4H2,1-2H3/t2*6-;;/m10../s1. The first-order chi connectivity index (χ1) is 11.3. The van der Waals surface area contributed by atoms with Crippen molar-refractivity contribution in [3.05, 3.63) is 0 Å². The van der Waals surface area contributed by atoms with E-state index in [1.165, 1.54) is 12.8 Å². The molecule has 0 aromatic carbocycles. The molecule has 0 unspecified atom stereocenters. The molecule has 0 saturated carbocycles. The predicted octanol–water partition coefficient (Wildman–Crippen LogP) is 5.44. The van der Waals surface area contributed by atoms with E-state index in [0.29, 0.717) is 6.10 Å². The molecule has 0 fully saturated rings. The van der Waals surface area contributed by atoms with E-state index in [4.69, 9.17) is 18.9 Å². The minimum atomic E-state index is 0.384. The Bertz CT molecular complexity index is 161. The summed E-state index contributed by atoms with van der Waals surface area (Å²) in [6.07, 6.45) is 3.94. The van der Waals surface area contributed by atoms with Crippen molar-refractivity contribution in [2.24, 2.45) is 11.8 Å². The Morgan fingerprint density at radius 3 is 1.00 bits per heavy atom. The third kappa shape index (κ3) is 49.5. The fourth-order valence-corrected chi connectivity index (χ4v) is 1.01. The van der Waals surface area contributed by atoms with Crippen molar-refractivity contribution in [3.8, 4) is 0 Å². The Kier molecular flexibility index (Phi) is 40.4. The quantitative estimate of drug-likeness (QED) is 0.553. The maximum absolute atomic E-state index is 4.89. The second kappa shape index (κ2) is 30.7. The van der Waals surface area contributed by atoms with Crippen molar-refractivity contribution in [2.45, 2.75) is 73.8 Å². The molecule has 0 bridgehead atoms. The zero-order valence-electron chi connectivity index (χ0n) is 18.6. The van der Waals surface area contributed by atoms with Crippen LogP contribution < -0.4 is 0 Å². The summed E-state index contributed by atoms with van der Waals surface area (Å²) in [5.74, 6) is 1.45. The SMILES string of the molecule is CCCOC.CC[C@@H](C)COC.CC[C@H](C)COC.COC(C)C. The van der Waals surface area contributed by atoms with Gasteiger partial charge in [-0.3, -0.25) is 0 Å². The van der Waals surface area contributed by atoms with E-state index in [9.17, 15) is 0 Å². The van der Waals surface area contributed by atoms with Crippen LogP contribution in [0.25, 0.3) is 0 Å². The highest BCUT2D eigenvalue weighted by atomic mass is 16.5. The third-order valence-electron chi connectivity index (χ3n) is 3.18. The molecule has 152 valence electrons. The molecular weight excluding hydrogens is 304 g/mol. The third-order valence-corrected chi connectivity index (χ3v) is 3.18. The van der Waals surface area contributed by atoms with Gasteiger partial charge in [0.15, 0.2) is 0 Å². The van der Waals surface area contributed by atoms with Gasteiger partial charge in [0.2, 0.25) is 0 Å². The largest absolute Gasteiger partial charge is 0.385 e. The highest BCUT2D eigenvalue weighted by Gasteiger charge is 1.93. The maximum atomic E-state index is 4.89. The van der Waals surface area contributed by atoms with Crippen molar-refractivity contribution in [1.29, 1.82) is 0 Å². The van der Waals surface area contributed by atoms with Crippen LogP contribution in [0.5, 0.6) is 0 Å². The second-order valence-electron chi connectivity index (χ2n) is 6.21. The second-order valence-corrected chi connectivity index (χ2v) is 6.21. The zero-order valence-corrected chi connectivity index (χ0v) is 18.6. The lowest BCUT2D eigenvalue weighted by Crippen LogP contribution is -2.00. The topological polar surface area (TPSA) is 36.9 Å². The van der Waals surface area contributed by atoms with Gasteiger partial charge in [0.1, 0.15) is 0 Å². The summed E-state index contributed by atoms with van der Waals surface area (Å²) in [6, 6.07) is 0. The maximum Gasteiger partial charge on any atom is 0.0515 e. The highest BCUT2D eigenvalue weighted by Crippen LogP contribution is 1.98. The summed E-state index contributed by atoms with van der Waals surface area (Å²) in [5.41, 5.74) is 0. The molecule has 0 aromatic heterocycles. The Hall–Kier alpha value is -0.160. The van der Waals surface area contributed by atoms with Crippen LogP contribution in [-0.4, -0.2) is 54.4 Å². The lowest BCUT2D eigenvalue weighted by atomic mass is 10.1. The predicted molar refractivity (Wildman–Crippen MR) is 107 cm³/mol. The van der Waals surface area contributed by atoms with Crippen molar-refractivity contribution in [2.75, 3.05) is 48.3 Å². The summed E-state index contributed by atoms with van der Waals surface area (Å²) >= 11 is 0. The summed E-state index contributed by atoms with van der Waals surface area (Å²) in [5, 5.41) is 0. The molecule has 0 aliphatic carbocycles. The van der Waals surface area contributed by atoms with Crippen LogP contribution in [0.15, 0.2) is 0 Å². The van der Waals surface area contributed by atoms with Crippen molar-refractivity contribution in [3.63, 3.8) is 0 Å². The van der Waals surface area contributed by atoms with Crippen LogP contribution in [0.4, 0.5) is 0 Å². The van der Waals surface area contributed by atoms with Gasteiger partial charge in [0.05, 0.1) is 6.10 Å². The van der Waals surface area contributed by atoms with E-state index in [1.807, 2.05) is 13.8 Å². The minimum absolute atomic E-state index is 0.384. The van der Waals surface area contributed by atoms with Crippen LogP contribution in [0.3, 0.4) is 0 Å². The van der Waals surface area contributed by atoms with Crippen LogP contribution in [0.2, 0.25) is 0 Å². The zero-order chi connectivity index (χ0) is 19.8. The van der Waals surface area contributed by atoms with E-state index in [1.54, 1.807) is 28.4 Å². The summed E-state index contributed by atoms with van der Waals surface area (Å²) in [4.78, 5) is 0. The van der Waals surface area contributed by atoms with Crippen molar-refractivity contribution < 1.29 is 18.9 Å². The lowest BCUT2D eigenvalue weighted by Gasteiger charge is -2.03. The van der Waals surface area contributed by atoms with Crippen LogP contribution >= 0.6 is 0 Å². The lowest BCUT2D eigenvalue weighted by molar-refractivity contribution is 0.134. The van der Waals surface area contributed by atoms with Gasteiger partial charge in [0, 0.05) is 48.3 Å². The minimum Gasteiger partial charge on any atom is -0.385 e. The van der Waals surface area contributed by atoms with E-state index < -0.39 is 0 Å². The van der Waals surface area contributed by atoms with Crippen LogP contribution in [0.1, 0.15) is 67.7 Å². The molecule has 0 aliphatic heterocycles. The molecule has 0 aromatic rings. The normalized spacial score (nSPS) is 12.0. The molecule has 0 amide bonds. The molecule has 2 atom stereocenters. The van der Waals surface area contributed by atoms with Crippen molar-refractivity contribution >= 4 is 0 Å². The average molecular weight is 353 g/mol. The first-order valence-corrected chi connectivity index (χ1v) is 9.30. The van der Waals surface area contributed by atoms with Gasteiger partial charge >= 0.3 is 0 Å². The monoisotopic (exact) mass is 352 g/mol. The van der Waals surface area contributed by atoms with Gasteiger partial charge in [-0.1, -0.05) is 47.5 Å². The Balaban J connectivity index is -0.000000113. The number of hydrogen-bond acceptors (Lipinski definition) is 4. The van der Waals surface area contributed by atoms with Crippen LogP contribution in [-0.2, 0) is 18.9 Å². The molecule has 4 nitrogen and oxygen atoms in total. The molecule has 0 heterocycles. The number of ether oxygens (including phenoxy) is 4. The highest BCUT2D eigenvalue weighted by molar-refractivity contribution is 4.44. The van der Waals surface area contributed by atoms with Gasteiger partial charge in [0.25, 0.3) is 0 Å². The van der Waals surface area contributed by atoms with E-state index in [0.717, 1.165) is 38.1 Å². The summed E-state index contributed by atoms with van der Waals surface area (Å²) < 4.78 is 19.2. The number of methoxy groups -OCH3 is 4. The fourth-order valence-electron chi connectivity index (χ4n) is 1.01. The molecule has 0 spiro atoms. The molecule has 4 heteroatoms. The van der Waals surface area contributed by atoms with Crippen LogP contribution in [0, 0.1) is 11.8 Å². The molecular formula is C20H48O4. The molecule has 0 saturated heterocycles. The summed E-state index contributed by atoms with van der Waals surface area (Å²) in [7, 11) is 6.90. The molecule has 0 rings (SSSR count). The van der Waals surface area contributed by atoms with Crippen molar-refractivity contribution in [1.82, 2.24) is 0 Å². The first kappa shape index (κ1) is 31.6. The van der Waals surface area contributed by atoms with Gasteiger partial charge in [-0.15, -0.1) is 0 Å². The van der Waals surface area contributed by atoms with E-state index in [-0.39, 0.29) is 0 Å². The molecule has 0 radical (unpaired) electrons. The fraction of sp³-hybridized carbons (Fsp3) is 1.00. The van der Waals surface area contributed by atoms with E-state index in [2.05, 4.69) is 34.6 Å². The van der Waals surface area contributed by atoms with Gasteiger partial charge in [-0.05, 0) is 32.1 Å². The molecule has 0 aliphatic rings. The van der Waals surface area contributed by atoms with E-state index >= 15 is 0 Å². The Morgan fingerprint density at radius 2 is 0.958 bits per heavy atom. The van der Waals surface area contributed by atoms with Gasteiger partial charge in [-0.2, -0.15) is 0 Å². The molecule has 0 N–H and O–H groups in total. The number of rotatable bonds is 9. The Morgan fingerprint density at radius 1 is 0.625 bits per heavy atom. The number of hydrogen-bond donors (Lipinski definition) is 0. The smallest absolute Gasteiger partial charge is 0.0515 e. The first-order valence-electron chi connectivity index (χ1n) is 9.30.